The van der Waals surface area contributed by atoms with E-state index in [1.807, 2.05) is 12.3 Å². The monoisotopic (exact) mass is 342 g/mol. The van der Waals surface area contributed by atoms with Gasteiger partial charge >= 0.3 is 0 Å². The zero-order valence-corrected chi connectivity index (χ0v) is 14.7. The molecule has 1 saturated heterocycles. The van der Waals surface area contributed by atoms with Crippen molar-refractivity contribution >= 4 is 22.8 Å². The number of rotatable bonds is 5. The number of nitrogens with two attached hydrogens (primary N) is 1. The van der Waals surface area contributed by atoms with Gasteiger partial charge in [-0.25, -0.2) is 9.97 Å². The SMILES string of the molecule is CN(c1ncnc2[nH]ccc12)[C@@H]1C[C@@H]2CN(C(=O)CCCN)C[C@@H]2C1. The normalized spacial score (nSPS) is 25.5. The number of nitrogens with zero attached hydrogens (tertiary/aromatic N) is 4. The molecule has 7 heteroatoms. The van der Waals surface area contributed by atoms with Crippen LogP contribution >= 0.6 is 0 Å². The number of anilines is 1. The van der Waals surface area contributed by atoms with Crippen LogP contribution < -0.4 is 10.6 Å². The van der Waals surface area contributed by atoms with Gasteiger partial charge in [0.05, 0.1) is 5.39 Å². The highest BCUT2D eigenvalue weighted by Gasteiger charge is 2.43. The van der Waals surface area contributed by atoms with Crippen molar-refractivity contribution in [3.8, 4) is 0 Å². The Balaban J connectivity index is 1.41. The molecule has 1 aliphatic carbocycles. The average molecular weight is 342 g/mol. The Labute approximate surface area is 147 Å². The molecule has 25 heavy (non-hydrogen) atoms. The molecule has 3 N–H and O–H groups in total. The average Bonchev–Trinajstić information content (AvgIpc) is 3.31. The van der Waals surface area contributed by atoms with E-state index in [1.54, 1.807) is 6.33 Å². The third-order valence-electron chi connectivity index (χ3n) is 5.89. The lowest BCUT2D eigenvalue weighted by molar-refractivity contribution is -0.130. The zero-order chi connectivity index (χ0) is 17.4. The van der Waals surface area contributed by atoms with Crippen molar-refractivity contribution in [2.24, 2.45) is 17.6 Å². The van der Waals surface area contributed by atoms with Crippen LogP contribution in [-0.2, 0) is 4.79 Å². The number of aromatic amines is 1. The maximum Gasteiger partial charge on any atom is 0.222 e. The number of fused-ring (bicyclic) bond motifs is 2. The van der Waals surface area contributed by atoms with E-state index in [2.05, 4.69) is 31.8 Å². The van der Waals surface area contributed by atoms with Crippen LogP contribution in [0.5, 0.6) is 0 Å². The molecule has 134 valence electrons. The van der Waals surface area contributed by atoms with Crippen molar-refractivity contribution < 1.29 is 4.79 Å². The van der Waals surface area contributed by atoms with Crippen LogP contribution in [0.15, 0.2) is 18.6 Å². The molecule has 2 aromatic rings. The number of carbonyl (C=O) groups is 1. The Kier molecular flexibility index (Phi) is 4.33. The van der Waals surface area contributed by atoms with E-state index in [0.29, 0.717) is 30.8 Å². The Morgan fingerprint density at radius 2 is 2.12 bits per heavy atom. The van der Waals surface area contributed by atoms with Crippen LogP contribution in [0.3, 0.4) is 0 Å². The second-order valence-electron chi connectivity index (χ2n) is 7.38. The van der Waals surface area contributed by atoms with Gasteiger partial charge in [0.1, 0.15) is 17.8 Å². The minimum Gasteiger partial charge on any atom is -0.356 e. The first kappa shape index (κ1) is 16.3. The number of hydrogen-bond donors (Lipinski definition) is 2. The van der Waals surface area contributed by atoms with Crippen molar-refractivity contribution in [1.29, 1.82) is 0 Å². The summed E-state index contributed by atoms with van der Waals surface area (Å²) in [6, 6.07) is 2.51. The number of nitrogens with one attached hydrogen (secondary N) is 1. The molecule has 2 fully saturated rings. The molecule has 1 aliphatic heterocycles. The Bertz CT molecular complexity index is 745. The minimum atomic E-state index is 0.273. The number of hydrogen-bond acceptors (Lipinski definition) is 5. The fourth-order valence-electron chi connectivity index (χ4n) is 4.51. The number of carbonyl (C=O) groups excluding carboxylic acids is 1. The molecule has 0 aromatic carbocycles. The van der Waals surface area contributed by atoms with Gasteiger partial charge < -0.3 is 20.5 Å². The highest BCUT2D eigenvalue weighted by Crippen LogP contribution is 2.41. The highest BCUT2D eigenvalue weighted by molar-refractivity contribution is 5.87. The van der Waals surface area contributed by atoms with E-state index in [1.165, 1.54) is 0 Å². The summed E-state index contributed by atoms with van der Waals surface area (Å²) in [5.41, 5.74) is 6.40. The zero-order valence-electron chi connectivity index (χ0n) is 14.7. The van der Waals surface area contributed by atoms with Crippen LogP contribution in [0.25, 0.3) is 11.0 Å². The van der Waals surface area contributed by atoms with E-state index in [0.717, 1.165) is 49.2 Å². The fraction of sp³-hybridized carbons (Fsp3) is 0.611. The predicted molar refractivity (Wildman–Crippen MR) is 97.2 cm³/mol. The van der Waals surface area contributed by atoms with Gasteiger partial charge in [0, 0.05) is 38.8 Å². The fourth-order valence-corrected chi connectivity index (χ4v) is 4.51. The standard InChI is InChI=1S/C18H26N6O/c1-23(18-15-4-6-20-17(15)21-11-22-18)14-7-12-9-24(10-13(12)8-14)16(25)3-2-5-19/h4,6,11-14H,2-3,5,7-10,19H2,1H3,(H,20,21,22)/t12-,13+,14-. The molecular formula is C18H26N6O. The maximum absolute atomic E-state index is 12.2. The van der Waals surface area contributed by atoms with E-state index >= 15 is 0 Å². The summed E-state index contributed by atoms with van der Waals surface area (Å²) < 4.78 is 0. The largest absolute Gasteiger partial charge is 0.356 e. The summed E-state index contributed by atoms with van der Waals surface area (Å²) in [4.78, 5) is 28.5. The van der Waals surface area contributed by atoms with E-state index < -0.39 is 0 Å². The molecule has 1 saturated carbocycles. The molecule has 4 rings (SSSR count). The number of amides is 1. The van der Waals surface area contributed by atoms with Crippen LogP contribution in [0.1, 0.15) is 25.7 Å². The molecule has 3 heterocycles. The topological polar surface area (TPSA) is 91.1 Å². The summed E-state index contributed by atoms with van der Waals surface area (Å²) in [6.07, 6.45) is 7.15. The molecule has 0 unspecified atom stereocenters. The van der Waals surface area contributed by atoms with Crippen LogP contribution in [0, 0.1) is 11.8 Å². The Hall–Kier alpha value is -2.15. The van der Waals surface area contributed by atoms with Crippen molar-refractivity contribution in [3.63, 3.8) is 0 Å². The molecule has 0 spiro atoms. The second kappa shape index (κ2) is 6.63. The number of H-pyrrole nitrogens is 1. The van der Waals surface area contributed by atoms with Crippen molar-refractivity contribution in [2.75, 3.05) is 31.6 Å². The minimum absolute atomic E-state index is 0.273. The van der Waals surface area contributed by atoms with E-state index in [4.69, 9.17) is 5.73 Å². The molecule has 3 atom stereocenters. The third-order valence-corrected chi connectivity index (χ3v) is 5.89. The lowest BCUT2D eigenvalue weighted by Gasteiger charge is -2.28. The maximum atomic E-state index is 12.2. The van der Waals surface area contributed by atoms with Gasteiger partial charge in [0.25, 0.3) is 0 Å². The predicted octanol–water partition coefficient (Wildman–Crippen LogP) is 1.37. The van der Waals surface area contributed by atoms with Crippen molar-refractivity contribution in [3.05, 3.63) is 18.6 Å². The summed E-state index contributed by atoms with van der Waals surface area (Å²) in [7, 11) is 2.13. The molecule has 0 bridgehead atoms. The van der Waals surface area contributed by atoms with Crippen LogP contribution in [0.2, 0.25) is 0 Å². The first-order valence-corrected chi connectivity index (χ1v) is 9.16. The summed E-state index contributed by atoms with van der Waals surface area (Å²) >= 11 is 0. The molecule has 7 nitrogen and oxygen atoms in total. The number of aromatic nitrogens is 3. The Morgan fingerprint density at radius 3 is 2.84 bits per heavy atom. The molecule has 2 aliphatic rings. The van der Waals surface area contributed by atoms with Gasteiger partial charge in [-0.1, -0.05) is 0 Å². The molecule has 1 amide bonds. The van der Waals surface area contributed by atoms with E-state index in [9.17, 15) is 4.79 Å². The van der Waals surface area contributed by atoms with Crippen molar-refractivity contribution in [1.82, 2.24) is 19.9 Å². The van der Waals surface area contributed by atoms with Crippen LogP contribution in [0.4, 0.5) is 5.82 Å². The van der Waals surface area contributed by atoms with Crippen LogP contribution in [-0.4, -0.2) is 58.5 Å². The first-order chi connectivity index (χ1) is 12.2. The smallest absolute Gasteiger partial charge is 0.222 e. The van der Waals surface area contributed by atoms with Gasteiger partial charge in [-0.15, -0.1) is 0 Å². The van der Waals surface area contributed by atoms with Gasteiger partial charge in [-0.3, -0.25) is 4.79 Å². The van der Waals surface area contributed by atoms with Gasteiger partial charge in [0.2, 0.25) is 5.91 Å². The Morgan fingerprint density at radius 1 is 1.36 bits per heavy atom. The third kappa shape index (κ3) is 2.97. The summed E-state index contributed by atoms with van der Waals surface area (Å²) in [6.45, 7) is 2.40. The summed E-state index contributed by atoms with van der Waals surface area (Å²) in [5, 5.41) is 1.07. The van der Waals surface area contributed by atoms with E-state index in [-0.39, 0.29) is 5.91 Å². The molecule has 0 radical (unpaired) electrons. The van der Waals surface area contributed by atoms with Gasteiger partial charge in [-0.05, 0) is 43.7 Å². The lowest BCUT2D eigenvalue weighted by atomic mass is 10.0. The summed E-state index contributed by atoms with van der Waals surface area (Å²) in [5.74, 6) is 2.48. The highest BCUT2D eigenvalue weighted by atomic mass is 16.2. The number of likely N-dealkylation sites (tertiary alicyclic amines) is 1. The van der Waals surface area contributed by atoms with Crippen molar-refractivity contribution in [2.45, 2.75) is 31.7 Å². The van der Waals surface area contributed by atoms with Gasteiger partial charge in [-0.2, -0.15) is 0 Å². The van der Waals surface area contributed by atoms with Gasteiger partial charge in [0.15, 0.2) is 0 Å². The lowest BCUT2D eigenvalue weighted by Crippen LogP contribution is -2.34. The molecular weight excluding hydrogens is 316 g/mol. The second-order valence-corrected chi connectivity index (χ2v) is 7.38. The first-order valence-electron chi connectivity index (χ1n) is 9.16. The molecule has 2 aromatic heterocycles. The quantitative estimate of drug-likeness (QED) is 0.856.